The second kappa shape index (κ2) is 7.48. The summed E-state index contributed by atoms with van der Waals surface area (Å²) in [4.78, 5) is 22.6. The van der Waals surface area contributed by atoms with E-state index in [9.17, 15) is 9.90 Å². The Kier molecular flexibility index (Phi) is 5.14. The number of aromatic nitrogens is 2. The summed E-state index contributed by atoms with van der Waals surface area (Å²) < 4.78 is 5.39. The molecule has 25 heavy (non-hydrogen) atoms. The van der Waals surface area contributed by atoms with E-state index in [1.54, 1.807) is 24.4 Å². The van der Waals surface area contributed by atoms with Gasteiger partial charge in [-0.1, -0.05) is 0 Å². The molecule has 132 valence electrons. The van der Waals surface area contributed by atoms with E-state index in [0.717, 1.165) is 25.2 Å². The van der Waals surface area contributed by atoms with Crippen molar-refractivity contribution < 1.29 is 14.6 Å². The molecule has 0 spiro atoms. The van der Waals surface area contributed by atoms with Crippen LogP contribution in [-0.2, 0) is 0 Å². The van der Waals surface area contributed by atoms with Crippen LogP contribution in [0.15, 0.2) is 30.5 Å². The van der Waals surface area contributed by atoms with Gasteiger partial charge in [-0.15, -0.1) is 0 Å². The number of aromatic carboxylic acids is 1. The maximum atomic E-state index is 11.5. The highest BCUT2D eigenvalue weighted by molar-refractivity contribution is 5.92. The number of ether oxygens (including phenoxy) is 1. The Bertz CT molecular complexity index is 766. The van der Waals surface area contributed by atoms with Crippen LogP contribution in [0.4, 0.5) is 5.95 Å². The van der Waals surface area contributed by atoms with E-state index in [2.05, 4.69) is 27.1 Å². The number of carboxylic acid groups (broad SMARTS) is 1. The van der Waals surface area contributed by atoms with Crippen molar-refractivity contribution in [1.29, 1.82) is 0 Å². The minimum atomic E-state index is -1.02. The zero-order chi connectivity index (χ0) is 17.8. The van der Waals surface area contributed by atoms with Crippen LogP contribution in [0.25, 0.3) is 11.3 Å². The fourth-order valence-corrected chi connectivity index (χ4v) is 2.91. The lowest BCUT2D eigenvalue weighted by molar-refractivity contribution is 0.0692. The summed E-state index contributed by atoms with van der Waals surface area (Å²) in [5.41, 5.74) is 1.56. The molecule has 2 N–H and O–H groups in total. The van der Waals surface area contributed by atoms with Gasteiger partial charge in [0.2, 0.25) is 5.95 Å². The number of hydrogen-bond donors (Lipinski definition) is 2. The van der Waals surface area contributed by atoms with Crippen molar-refractivity contribution in [3.05, 3.63) is 36.0 Å². The predicted molar refractivity (Wildman–Crippen MR) is 95.3 cm³/mol. The maximum absolute atomic E-state index is 11.5. The number of carboxylic acids is 1. The van der Waals surface area contributed by atoms with Gasteiger partial charge in [0.25, 0.3) is 0 Å². The lowest BCUT2D eigenvalue weighted by atomic mass is 10.1. The Balaban J connectivity index is 1.92. The molecule has 1 atom stereocenters. The molecule has 0 amide bonds. The number of carbonyl (C=O) groups is 1. The van der Waals surface area contributed by atoms with E-state index in [0.29, 0.717) is 30.0 Å². The molecule has 2 heterocycles. The second-order valence-electron chi connectivity index (χ2n) is 5.99. The quantitative estimate of drug-likeness (QED) is 0.859. The average Bonchev–Trinajstić information content (AvgIpc) is 2.62. The highest BCUT2D eigenvalue weighted by Gasteiger charge is 2.19. The molecule has 7 nitrogen and oxygen atoms in total. The molecule has 1 aromatic carbocycles. The molecule has 0 saturated carbocycles. The van der Waals surface area contributed by atoms with E-state index in [4.69, 9.17) is 4.74 Å². The van der Waals surface area contributed by atoms with Gasteiger partial charge in [0, 0.05) is 37.4 Å². The van der Waals surface area contributed by atoms with Crippen molar-refractivity contribution in [2.24, 2.45) is 0 Å². The van der Waals surface area contributed by atoms with Gasteiger partial charge in [-0.05, 0) is 38.1 Å². The molecule has 3 rings (SSSR count). The van der Waals surface area contributed by atoms with Crippen LogP contribution in [0, 0.1) is 0 Å². The van der Waals surface area contributed by atoms with Crippen LogP contribution in [0.3, 0.4) is 0 Å². The molecular formula is C18H22N4O3. The monoisotopic (exact) mass is 342 g/mol. The van der Waals surface area contributed by atoms with Crippen LogP contribution in [0.2, 0.25) is 0 Å². The van der Waals surface area contributed by atoms with Crippen molar-refractivity contribution >= 4 is 11.9 Å². The third-order valence-corrected chi connectivity index (χ3v) is 4.10. The fourth-order valence-electron chi connectivity index (χ4n) is 2.91. The van der Waals surface area contributed by atoms with Crippen molar-refractivity contribution in [3.63, 3.8) is 0 Å². The molecule has 0 bridgehead atoms. The molecule has 1 saturated heterocycles. The number of anilines is 1. The van der Waals surface area contributed by atoms with Crippen LogP contribution in [0.1, 0.15) is 24.2 Å². The largest absolute Gasteiger partial charge is 0.493 e. The Morgan fingerprint density at radius 3 is 3.00 bits per heavy atom. The van der Waals surface area contributed by atoms with Crippen molar-refractivity contribution in [2.45, 2.75) is 19.9 Å². The van der Waals surface area contributed by atoms with E-state index < -0.39 is 5.97 Å². The number of rotatable bonds is 5. The number of piperazine rings is 1. The van der Waals surface area contributed by atoms with Gasteiger partial charge in [-0.3, -0.25) is 0 Å². The fraction of sp³-hybridized carbons (Fsp3) is 0.389. The highest BCUT2D eigenvalue weighted by atomic mass is 16.5. The molecular weight excluding hydrogens is 320 g/mol. The van der Waals surface area contributed by atoms with E-state index in [1.807, 2.05) is 13.0 Å². The number of hydrogen-bond acceptors (Lipinski definition) is 6. The van der Waals surface area contributed by atoms with Gasteiger partial charge in [0.1, 0.15) is 11.3 Å². The zero-order valence-corrected chi connectivity index (χ0v) is 14.4. The third-order valence-electron chi connectivity index (χ3n) is 4.10. The first-order valence-electron chi connectivity index (χ1n) is 8.40. The summed E-state index contributed by atoms with van der Waals surface area (Å²) in [6.07, 6.45) is 1.71. The van der Waals surface area contributed by atoms with Crippen molar-refractivity contribution in [2.75, 3.05) is 31.1 Å². The average molecular weight is 342 g/mol. The van der Waals surface area contributed by atoms with Crippen LogP contribution < -0.4 is 15.0 Å². The Labute approximate surface area is 146 Å². The summed E-state index contributed by atoms with van der Waals surface area (Å²) in [5, 5.41) is 12.8. The first kappa shape index (κ1) is 17.2. The third kappa shape index (κ3) is 3.88. The van der Waals surface area contributed by atoms with E-state index in [1.165, 1.54) is 0 Å². The second-order valence-corrected chi connectivity index (χ2v) is 5.99. The van der Waals surface area contributed by atoms with Gasteiger partial charge in [-0.25, -0.2) is 14.8 Å². The summed E-state index contributed by atoms with van der Waals surface area (Å²) in [6.45, 7) is 6.94. The first-order valence-corrected chi connectivity index (χ1v) is 8.40. The zero-order valence-electron chi connectivity index (χ0n) is 14.4. The molecule has 7 heteroatoms. The summed E-state index contributed by atoms with van der Waals surface area (Å²) >= 11 is 0. The Morgan fingerprint density at radius 1 is 1.44 bits per heavy atom. The van der Waals surface area contributed by atoms with Crippen LogP contribution in [0.5, 0.6) is 5.75 Å². The van der Waals surface area contributed by atoms with Gasteiger partial charge < -0.3 is 20.1 Å². The van der Waals surface area contributed by atoms with Gasteiger partial charge in [-0.2, -0.15) is 0 Å². The molecule has 1 aromatic heterocycles. The van der Waals surface area contributed by atoms with Crippen LogP contribution in [-0.4, -0.2) is 53.3 Å². The maximum Gasteiger partial charge on any atom is 0.339 e. The topological polar surface area (TPSA) is 87.6 Å². The predicted octanol–water partition coefficient (Wildman–Crippen LogP) is 2.04. The molecule has 1 aliphatic heterocycles. The Hall–Kier alpha value is -2.67. The minimum absolute atomic E-state index is 0.135. The van der Waals surface area contributed by atoms with Crippen molar-refractivity contribution in [3.8, 4) is 17.0 Å². The van der Waals surface area contributed by atoms with Gasteiger partial charge in [0.05, 0.1) is 12.3 Å². The Morgan fingerprint density at radius 2 is 2.28 bits per heavy atom. The van der Waals surface area contributed by atoms with Crippen molar-refractivity contribution in [1.82, 2.24) is 15.3 Å². The van der Waals surface area contributed by atoms with E-state index >= 15 is 0 Å². The minimum Gasteiger partial charge on any atom is -0.493 e. The lowest BCUT2D eigenvalue weighted by Gasteiger charge is -2.31. The molecule has 1 fully saturated rings. The molecule has 1 unspecified atom stereocenters. The summed E-state index contributed by atoms with van der Waals surface area (Å²) in [5.74, 6) is 0.0103. The van der Waals surface area contributed by atoms with E-state index in [-0.39, 0.29) is 5.56 Å². The summed E-state index contributed by atoms with van der Waals surface area (Å²) in [7, 11) is 0. The first-order chi connectivity index (χ1) is 12.1. The normalized spacial score (nSPS) is 17.4. The summed E-state index contributed by atoms with van der Waals surface area (Å²) in [6, 6.07) is 7.27. The van der Waals surface area contributed by atoms with Crippen LogP contribution >= 0.6 is 0 Å². The molecule has 0 aliphatic carbocycles. The smallest absolute Gasteiger partial charge is 0.339 e. The number of benzene rings is 1. The van der Waals surface area contributed by atoms with Gasteiger partial charge >= 0.3 is 5.97 Å². The van der Waals surface area contributed by atoms with Gasteiger partial charge in [0.15, 0.2) is 0 Å². The molecule has 1 aliphatic rings. The standard InChI is InChI=1S/C18H22N4O3/c1-3-25-16-5-4-13(10-14(16)17(23)24)15-6-7-20-18(21-15)22-9-8-19-12(2)11-22/h4-7,10,12,19H,3,8-9,11H2,1-2H3,(H,23,24). The molecule has 2 aromatic rings. The highest BCUT2D eigenvalue weighted by Crippen LogP contribution is 2.27. The molecule has 0 radical (unpaired) electrons. The lowest BCUT2D eigenvalue weighted by Crippen LogP contribution is -2.49. The number of nitrogens with one attached hydrogen (secondary N) is 1. The SMILES string of the molecule is CCOc1ccc(-c2ccnc(N3CCNC(C)C3)n2)cc1C(=O)O. The number of nitrogens with zero attached hydrogens (tertiary/aromatic N) is 3.